The second kappa shape index (κ2) is 6.19. The Kier molecular flexibility index (Phi) is 4.96. The molecule has 20 heavy (non-hydrogen) atoms. The van der Waals surface area contributed by atoms with Gasteiger partial charge in [-0.15, -0.1) is 0 Å². The molecule has 1 aromatic rings. The van der Waals surface area contributed by atoms with E-state index in [1.54, 1.807) is 5.56 Å². The van der Waals surface area contributed by atoms with Crippen LogP contribution >= 0.6 is 11.3 Å². The largest absolute Gasteiger partial charge is 0.312 e. The summed E-state index contributed by atoms with van der Waals surface area (Å²) in [6.45, 7) is 12.9. The van der Waals surface area contributed by atoms with Crippen LogP contribution in [0.3, 0.4) is 0 Å². The molecule has 2 rings (SSSR count). The zero-order chi connectivity index (χ0) is 14.8. The SMILES string of the molecule is CC1(C)CCC(CNC(C)(C)C)C(Cc2ccsc2)C1. The van der Waals surface area contributed by atoms with Gasteiger partial charge in [0.25, 0.3) is 0 Å². The van der Waals surface area contributed by atoms with Crippen LogP contribution in [0.5, 0.6) is 0 Å². The summed E-state index contributed by atoms with van der Waals surface area (Å²) in [5.41, 5.74) is 2.30. The molecule has 1 aliphatic rings. The van der Waals surface area contributed by atoms with Gasteiger partial charge in [0.2, 0.25) is 0 Å². The number of nitrogens with one attached hydrogen (secondary N) is 1. The Morgan fingerprint density at radius 1 is 1.30 bits per heavy atom. The molecular formula is C18H31NS. The fourth-order valence-electron chi connectivity index (χ4n) is 3.45. The molecule has 2 unspecified atom stereocenters. The molecule has 1 nitrogen and oxygen atoms in total. The molecule has 2 atom stereocenters. The zero-order valence-electron chi connectivity index (χ0n) is 13.8. The fraction of sp³-hybridized carbons (Fsp3) is 0.778. The van der Waals surface area contributed by atoms with Crippen molar-refractivity contribution in [2.45, 2.75) is 65.8 Å². The number of hydrogen-bond acceptors (Lipinski definition) is 2. The van der Waals surface area contributed by atoms with Crippen molar-refractivity contribution in [2.24, 2.45) is 17.3 Å². The minimum Gasteiger partial charge on any atom is -0.312 e. The van der Waals surface area contributed by atoms with Crippen LogP contribution in [0.15, 0.2) is 16.8 Å². The Morgan fingerprint density at radius 3 is 2.65 bits per heavy atom. The van der Waals surface area contributed by atoms with Gasteiger partial charge in [-0.2, -0.15) is 11.3 Å². The van der Waals surface area contributed by atoms with Crippen LogP contribution in [-0.2, 0) is 6.42 Å². The molecule has 0 aliphatic heterocycles. The normalized spacial score (nSPS) is 26.6. The molecule has 1 saturated carbocycles. The van der Waals surface area contributed by atoms with Crippen LogP contribution in [0.2, 0.25) is 0 Å². The van der Waals surface area contributed by atoms with Crippen molar-refractivity contribution < 1.29 is 0 Å². The van der Waals surface area contributed by atoms with E-state index in [0.717, 1.165) is 11.8 Å². The molecule has 0 saturated heterocycles. The zero-order valence-corrected chi connectivity index (χ0v) is 14.6. The summed E-state index contributed by atoms with van der Waals surface area (Å²) in [5, 5.41) is 8.27. The van der Waals surface area contributed by atoms with Gasteiger partial charge in [-0.3, -0.25) is 0 Å². The van der Waals surface area contributed by atoms with Gasteiger partial charge in [0.15, 0.2) is 0 Å². The van der Waals surface area contributed by atoms with Gasteiger partial charge in [-0.1, -0.05) is 13.8 Å². The first-order valence-corrected chi connectivity index (χ1v) is 8.96. The van der Waals surface area contributed by atoms with Crippen molar-refractivity contribution in [1.82, 2.24) is 5.32 Å². The van der Waals surface area contributed by atoms with Crippen LogP contribution < -0.4 is 5.32 Å². The Labute approximate surface area is 129 Å². The Morgan fingerprint density at radius 2 is 2.05 bits per heavy atom. The third kappa shape index (κ3) is 4.89. The second-order valence-electron chi connectivity index (χ2n) is 8.39. The van der Waals surface area contributed by atoms with Crippen LogP contribution in [-0.4, -0.2) is 12.1 Å². The van der Waals surface area contributed by atoms with Crippen molar-refractivity contribution in [2.75, 3.05) is 6.54 Å². The monoisotopic (exact) mass is 293 g/mol. The lowest BCUT2D eigenvalue weighted by Gasteiger charge is -2.42. The van der Waals surface area contributed by atoms with Crippen LogP contribution in [0.25, 0.3) is 0 Å². The summed E-state index contributed by atoms with van der Waals surface area (Å²) in [7, 11) is 0. The molecule has 114 valence electrons. The first-order chi connectivity index (χ1) is 9.25. The maximum absolute atomic E-state index is 3.73. The van der Waals surface area contributed by atoms with E-state index in [-0.39, 0.29) is 5.54 Å². The Bertz CT molecular complexity index is 400. The number of hydrogen-bond donors (Lipinski definition) is 1. The lowest BCUT2D eigenvalue weighted by atomic mass is 9.65. The highest BCUT2D eigenvalue weighted by atomic mass is 32.1. The maximum atomic E-state index is 3.73. The topological polar surface area (TPSA) is 12.0 Å². The third-order valence-corrected chi connectivity index (χ3v) is 5.38. The average Bonchev–Trinajstić information content (AvgIpc) is 2.78. The molecule has 1 aromatic heterocycles. The van der Waals surface area contributed by atoms with E-state index in [0.29, 0.717) is 5.41 Å². The molecule has 1 N–H and O–H groups in total. The van der Waals surface area contributed by atoms with E-state index in [2.05, 4.69) is 56.8 Å². The molecule has 0 bridgehead atoms. The van der Waals surface area contributed by atoms with Crippen molar-refractivity contribution in [3.8, 4) is 0 Å². The van der Waals surface area contributed by atoms with Gasteiger partial charge in [-0.05, 0) is 92.6 Å². The van der Waals surface area contributed by atoms with Crippen LogP contribution in [0.4, 0.5) is 0 Å². The Balaban J connectivity index is 2.00. The first kappa shape index (κ1) is 16.0. The van der Waals surface area contributed by atoms with Crippen molar-refractivity contribution in [1.29, 1.82) is 0 Å². The molecule has 1 heterocycles. The van der Waals surface area contributed by atoms with Crippen LogP contribution in [0.1, 0.15) is 59.4 Å². The number of rotatable bonds is 4. The van der Waals surface area contributed by atoms with E-state index in [9.17, 15) is 0 Å². The van der Waals surface area contributed by atoms with E-state index in [4.69, 9.17) is 0 Å². The summed E-state index contributed by atoms with van der Waals surface area (Å²) in [4.78, 5) is 0. The quantitative estimate of drug-likeness (QED) is 0.812. The maximum Gasteiger partial charge on any atom is 0.00966 e. The minimum atomic E-state index is 0.236. The summed E-state index contributed by atoms with van der Waals surface area (Å²) < 4.78 is 0. The van der Waals surface area contributed by atoms with Gasteiger partial charge in [0.05, 0.1) is 0 Å². The highest BCUT2D eigenvalue weighted by Crippen LogP contribution is 2.43. The lowest BCUT2D eigenvalue weighted by molar-refractivity contribution is 0.111. The van der Waals surface area contributed by atoms with E-state index < -0.39 is 0 Å². The second-order valence-corrected chi connectivity index (χ2v) is 9.17. The average molecular weight is 294 g/mol. The van der Waals surface area contributed by atoms with Crippen molar-refractivity contribution >= 4 is 11.3 Å². The van der Waals surface area contributed by atoms with Gasteiger partial charge >= 0.3 is 0 Å². The molecular weight excluding hydrogens is 262 g/mol. The van der Waals surface area contributed by atoms with Gasteiger partial charge in [0.1, 0.15) is 0 Å². The van der Waals surface area contributed by atoms with Gasteiger partial charge in [0, 0.05) is 5.54 Å². The van der Waals surface area contributed by atoms with E-state index >= 15 is 0 Å². The molecule has 0 spiro atoms. The number of thiophene rings is 1. The van der Waals surface area contributed by atoms with Crippen molar-refractivity contribution in [3.05, 3.63) is 22.4 Å². The molecule has 0 amide bonds. The smallest absolute Gasteiger partial charge is 0.00966 e. The summed E-state index contributed by atoms with van der Waals surface area (Å²) >= 11 is 1.83. The van der Waals surface area contributed by atoms with Crippen LogP contribution in [0, 0.1) is 17.3 Å². The lowest BCUT2D eigenvalue weighted by Crippen LogP contribution is -2.43. The van der Waals surface area contributed by atoms with Crippen molar-refractivity contribution in [3.63, 3.8) is 0 Å². The summed E-state index contributed by atoms with van der Waals surface area (Å²) in [6.07, 6.45) is 5.40. The Hall–Kier alpha value is -0.340. The molecule has 2 heteroatoms. The predicted molar refractivity (Wildman–Crippen MR) is 90.4 cm³/mol. The van der Waals surface area contributed by atoms with Gasteiger partial charge < -0.3 is 5.32 Å². The van der Waals surface area contributed by atoms with Gasteiger partial charge in [-0.25, -0.2) is 0 Å². The highest BCUT2D eigenvalue weighted by Gasteiger charge is 2.35. The predicted octanol–water partition coefficient (Wildman–Crippen LogP) is 5.12. The summed E-state index contributed by atoms with van der Waals surface area (Å²) in [6, 6.07) is 2.31. The third-order valence-electron chi connectivity index (χ3n) is 4.65. The highest BCUT2D eigenvalue weighted by molar-refractivity contribution is 7.07. The fourth-order valence-corrected chi connectivity index (χ4v) is 4.13. The molecule has 0 radical (unpaired) electrons. The molecule has 0 aromatic carbocycles. The van der Waals surface area contributed by atoms with E-state index in [1.807, 2.05) is 11.3 Å². The molecule has 1 aliphatic carbocycles. The minimum absolute atomic E-state index is 0.236. The molecule has 1 fully saturated rings. The standard InChI is InChI=1S/C18H31NS/c1-17(2,3)19-12-15-6-8-18(4,5)11-16(15)10-14-7-9-20-13-14/h7,9,13,15-16,19H,6,8,10-12H2,1-5H3. The summed E-state index contributed by atoms with van der Waals surface area (Å²) in [5.74, 6) is 1.67. The first-order valence-electron chi connectivity index (χ1n) is 8.01. The van der Waals surface area contributed by atoms with E-state index in [1.165, 1.54) is 32.2 Å².